The van der Waals surface area contributed by atoms with Crippen LogP contribution in [0.4, 0.5) is 0 Å². The standard InChI is InChI=1S/C11H12INOS/c1-8-3-2-4-13(6-8)11(14)9-5-10(12)15-7-9/h3,5,7H,2,4,6H2,1H3. The lowest BCUT2D eigenvalue weighted by atomic mass is 10.1. The van der Waals surface area contributed by atoms with Crippen molar-refractivity contribution in [2.24, 2.45) is 0 Å². The molecule has 0 fully saturated rings. The van der Waals surface area contributed by atoms with E-state index in [0.717, 1.165) is 25.1 Å². The Morgan fingerprint density at radius 1 is 1.60 bits per heavy atom. The minimum atomic E-state index is 0.168. The van der Waals surface area contributed by atoms with E-state index in [0.29, 0.717) is 0 Å². The second-order valence-corrected chi connectivity index (χ2v) is 6.51. The molecule has 1 amide bonds. The zero-order valence-corrected chi connectivity index (χ0v) is 11.5. The predicted molar refractivity (Wildman–Crippen MR) is 71.3 cm³/mol. The van der Waals surface area contributed by atoms with Crippen LogP contribution in [-0.2, 0) is 0 Å². The molecule has 0 radical (unpaired) electrons. The van der Waals surface area contributed by atoms with Crippen LogP contribution in [0.25, 0.3) is 0 Å². The summed E-state index contributed by atoms with van der Waals surface area (Å²) in [7, 11) is 0. The third-order valence-electron chi connectivity index (χ3n) is 2.43. The molecule has 2 nitrogen and oxygen atoms in total. The minimum absolute atomic E-state index is 0.168. The molecule has 2 heterocycles. The monoisotopic (exact) mass is 333 g/mol. The van der Waals surface area contributed by atoms with E-state index in [2.05, 4.69) is 35.6 Å². The molecule has 0 saturated carbocycles. The first-order chi connectivity index (χ1) is 7.16. The van der Waals surface area contributed by atoms with Crippen molar-refractivity contribution in [1.29, 1.82) is 0 Å². The summed E-state index contributed by atoms with van der Waals surface area (Å²) in [5.41, 5.74) is 2.12. The largest absolute Gasteiger partial charge is 0.334 e. The maximum Gasteiger partial charge on any atom is 0.255 e. The average molecular weight is 333 g/mol. The molecule has 0 spiro atoms. The number of carbonyl (C=O) groups is 1. The molecular weight excluding hydrogens is 321 g/mol. The van der Waals surface area contributed by atoms with Crippen molar-refractivity contribution in [3.05, 3.63) is 31.5 Å². The topological polar surface area (TPSA) is 20.3 Å². The number of halogens is 1. The Morgan fingerprint density at radius 2 is 2.40 bits per heavy atom. The Balaban J connectivity index is 2.12. The first kappa shape index (κ1) is 11.1. The Hall–Kier alpha value is -0.360. The van der Waals surface area contributed by atoms with Gasteiger partial charge in [-0.05, 0) is 42.0 Å². The van der Waals surface area contributed by atoms with Gasteiger partial charge in [0.25, 0.3) is 5.91 Å². The molecule has 0 bridgehead atoms. The fourth-order valence-electron chi connectivity index (χ4n) is 1.69. The SMILES string of the molecule is CC1=CCCN(C(=O)c2csc(I)c2)C1. The maximum absolute atomic E-state index is 12.1. The van der Waals surface area contributed by atoms with Gasteiger partial charge in [0, 0.05) is 18.5 Å². The van der Waals surface area contributed by atoms with E-state index in [9.17, 15) is 4.79 Å². The van der Waals surface area contributed by atoms with E-state index in [-0.39, 0.29) is 5.91 Å². The summed E-state index contributed by atoms with van der Waals surface area (Å²) in [5, 5.41) is 1.94. The van der Waals surface area contributed by atoms with Crippen molar-refractivity contribution < 1.29 is 4.79 Å². The van der Waals surface area contributed by atoms with E-state index >= 15 is 0 Å². The molecule has 0 atom stereocenters. The first-order valence-electron chi connectivity index (χ1n) is 4.86. The van der Waals surface area contributed by atoms with Gasteiger partial charge in [-0.25, -0.2) is 0 Å². The quantitative estimate of drug-likeness (QED) is 0.571. The number of thiophene rings is 1. The van der Waals surface area contributed by atoms with E-state index in [1.54, 1.807) is 11.3 Å². The molecule has 1 aliphatic rings. The lowest BCUT2D eigenvalue weighted by Gasteiger charge is -2.25. The molecule has 0 aromatic carbocycles. The van der Waals surface area contributed by atoms with E-state index < -0.39 is 0 Å². The molecule has 0 unspecified atom stereocenters. The summed E-state index contributed by atoms with van der Waals surface area (Å²) < 4.78 is 1.17. The normalized spacial score (nSPS) is 16.4. The van der Waals surface area contributed by atoms with Crippen LogP contribution >= 0.6 is 33.9 Å². The van der Waals surface area contributed by atoms with Gasteiger partial charge in [0.15, 0.2) is 0 Å². The van der Waals surface area contributed by atoms with Crippen LogP contribution in [0.1, 0.15) is 23.7 Å². The molecule has 0 saturated heterocycles. The zero-order chi connectivity index (χ0) is 10.8. The van der Waals surface area contributed by atoms with Crippen molar-refractivity contribution >= 4 is 39.8 Å². The van der Waals surface area contributed by atoms with Crippen LogP contribution < -0.4 is 0 Å². The molecular formula is C11H12INOS. The van der Waals surface area contributed by atoms with Crippen LogP contribution in [0.5, 0.6) is 0 Å². The summed E-state index contributed by atoms with van der Waals surface area (Å²) in [6.07, 6.45) is 3.19. The molecule has 15 heavy (non-hydrogen) atoms. The highest BCUT2D eigenvalue weighted by atomic mass is 127. The molecule has 80 valence electrons. The highest BCUT2D eigenvalue weighted by molar-refractivity contribution is 14.1. The zero-order valence-electron chi connectivity index (χ0n) is 8.50. The minimum Gasteiger partial charge on any atom is -0.334 e. The Morgan fingerprint density at radius 3 is 3.00 bits per heavy atom. The van der Waals surface area contributed by atoms with E-state index in [1.165, 1.54) is 8.46 Å². The summed E-state index contributed by atoms with van der Waals surface area (Å²) >= 11 is 3.87. The Labute approximate surface area is 107 Å². The summed E-state index contributed by atoms with van der Waals surface area (Å²) in [6.45, 7) is 3.71. The average Bonchev–Trinajstić information content (AvgIpc) is 2.64. The van der Waals surface area contributed by atoms with Gasteiger partial charge in [-0.3, -0.25) is 4.79 Å². The smallest absolute Gasteiger partial charge is 0.255 e. The van der Waals surface area contributed by atoms with Gasteiger partial charge in [0.2, 0.25) is 0 Å². The van der Waals surface area contributed by atoms with Crippen LogP contribution in [0.3, 0.4) is 0 Å². The van der Waals surface area contributed by atoms with Crippen LogP contribution in [0.15, 0.2) is 23.1 Å². The predicted octanol–water partition coefficient (Wildman–Crippen LogP) is 3.14. The summed E-state index contributed by atoms with van der Waals surface area (Å²) in [4.78, 5) is 14.0. The highest BCUT2D eigenvalue weighted by Gasteiger charge is 2.18. The van der Waals surface area contributed by atoms with Gasteiger partial charge in [-0.2, -0.15) is 0 Å². The van der Waals surface area contributed by atoms with Crippen LogP contribution in [-0.4, -0.2) is 23.9 Å². The van der Waals surface area contributed by atoms with Gasteiger partial charge in [-0.1, -0.05) is 11.6 Å². The summed E-state index contributed by atoms with van der Waals surface area (Å²) in [5.74, 6) is 0.168. The number of rotatable bonds is 1. The van der Waals surface area contributed by atoms with Crippen LogP contribution in [0, 0.1) is 2.88 Å². The molecule has 1 aromatic heterocycles. The van der Waals surface area contributed by atoms with Crippen molar-refractivity contribution in [2.45, 2.75) is 13.3 Å². The lowest BCUT2D eigenvalue weighted by molar-refractivity contribution is 0.0766. The second-order valence-electron chi connectivity index (χ2n) is 3.71. The highest BCUT2D eigenvalue weighted by Crippen LogP contribution is 2.19. The van der Waals surface area contributed by atoms with E-state index in [4.69, 9.17) is 0 Å². The molecule has 0 N–H and O–H groups in total. The molecule has 0 aliphatic carbocycles. The third-order valence-corrected chi connectivity index (χ3v) is 4.22. The Kier molecular flexibility index (Phi) is 3.45. The van der Waals surface area contributed by atoms with Crippen molar-refractivity contribution in [2.75, 3.05) is 13.1 Å². The number of amides is 1. The van der Waals surface area contributed by atoms with Gasteiger partial charge in [0.1, 0.15) is 0 Å². The molecule has 4 heteroatoms. The van der Waals surface area contributed by atoms with Crippen molar-refractivity contribution in [3.63, 3.8) is 0 Å². The number of hydrogen-bond donors (Lipinski definition) is 0. The van der Waals surface area contributed by atoms with Gasteiger partial charge < -0.3 is 4.90 Å². The molecule has 1 aromatic rings. The fraction of sp³-hybridized carbons (Fsp3) is 0.364. The number of nitrogens with zero attached hydrogens (tertiary/aromatic N) is 1. The molecule has 1 aliphatic heterocycles. The van der Waals surface area contributed by atoms with Crippen molar-refractivity contribution in [3.8, 4) is 0 Å². The number of hydrogen-bond acceptors (Lipinski definition) is 2. The summed E-state index contributed by atoms with van der Waals surface area (Å²) in [6, 6.07) is 1.96. The maximum atomic E-state index is 12.1. The van der Waals surface area contributed by atoms with E-state index in [1.807, 2.05) is 16.3 Å². The van der Waals surface area contributed by atoms with Crippen LogP contribution in [0.2, 0.25) is 0 Å². The third kappa shape index (κ3) is 2.60. The Bertz CT molecular complexity index is 410. The number of carbonyl (C=O) groups excluding carboxylic acids is 1. The fourth-order valence-corrected chi connectivity index (χ4v) is 3.01. The van der Waals surface area contributed by atoms with Gasteiger partial charge in [0.05, 0.1) is 8.45 Å². The first-order valence-corrected chi connectivity index (χ1v) is 6.81. The molecule has 2 rings (SSSR count). The van der Waals surface area contributed by atoms with Gasteiger partial charge >= 0.3 is 0 Å². The lowest BCUT2D eigenvalue weighted by Crippen LogP contribution is -2.35. The van der Waals surface area contributed by atoms with Gasteiger partial charge in [-0.15, -0.1) is 11.3 Å². The van der Waals surface area contributed by atoms with Crippen molar-refractivity contribution in [1.82, 2.24) is 4.90 Å². The second kappa shape index (κ2) is 4.65.